The normalized spacial score (nSPS) is 11.1. The molecule has 2 rings (SSSR count). The molecular formula is C20H20N4. The van der Waals surface area contributed by atoms with E-state index in [2.05, 4.69) is 12.1 Å². The highest BCUT2D eigenvalue weighted by molar-refractivity contribution is 6.02. The summed E-state index contributed by atoms with van der Waals surface area (Å²) in [6.45, 7) is 0. The minimum atomic E-state index is 0.389. The molecule has 0 aliphatic carbocycles. The molecule has 0 heterocycles. The monoisotopic (exact) mass is 316 g/mol. The van der Waals surface area contributed by atoms with Gasteiger partial charge in [0.25, 0.3) is 0 Å². The molecule has 0 bridgehead atoms. The predicted octanol–water partition coefficient (Wildman–Crippen LogP) is 3.78. The fraction of sp³-hybridized carbons (Fsp3) is 0.200. The van der Waals surface area contributed by atoms with Crippen LogP contribution in [0.25, 0.3) is 11.1 Å². The van der Waals surface area contributed by atoms with Gasteiger partial charge in [0, 0.05) is 39.6 Å². The maximum absolute atomic E-state index is 9.59. The Kier molecular flexibility index (Phi) is 5.24. The third-order valence-corrected chi connectivity index (χ3v) is 3.82. The number of allylic oxidation sites excluding steroid dienone is 2. The quantitative estimate of drug-likeness (QED) is 0.636. The SMILES string of the molecule is CN(C)c1ccc(/C(C#N)=C(\C#N)c2ccc(N(C)C)cc2)cc1. The van der Waals surface area contributed by atoms with Crippen LogP contribution in [0.5, 0.6) is 0 Å². The van der Waals surface area contributed by atoms with Crippen molar-refractivity contribution in [2.75, 3.05) is 38.0 Å². The minimum Gasteiger partial charge on any atom is -0.378 e. The average molecular weight is 316 g/mol. The van der Waals surface area contributed by atoms with E-state index in [4.69, 9.17) is 0 Å². The van der Waals surface area contributed by atoms with Crippen LogP contribution in [0.4, 0.5) is 11.4 Å². The lowest BCUT2D eigenvalue weighted by atomic mass is 9.96. The molecule has 24 heavy (non-hydrogen) atoms. The molecule has 0 saturated carbocycles. The number of hydrogen-bond donors (Lipinski definition) is 0. The number of hydrogen-bond acceptors (Lipinski definition) is 4. The van der Waals surface area contributed by atoms with E-state index < -0.39 is 0 Å². The molecule has 4 nitrogen and oxygen atoms in total. The Bertz CT molecular complexity index is 742. The van der Waals surface area contributed by atoms with Gasteiger partial charge in [-0.3, -0.25) is 0 Å². The van der Waals surface area contributed by atoms with E-state index >= 15 is 0 Å². The topological polar surface area (TPSA) is 54.1 Å². The van der Waals surface area contributed by atoms with Gasteiger partial charge >= 0.3 is 0 Å². The maximum Gasteiger partial charge on any atom is 0.101 e. The molecule has 0 atom stereocenters. The van der Waals surface area contributed by atoms with Gasteiger partial charge < -0.3 is 9.80 Å². The Labute approximate surface area is 143 Å². The van der Waals surface area contributed by atoms with Gasteiger partial charge in [0.05, 0.1) is 11.1 Å². The van der Waals surface area contributed by atoms with Gasteiger partial charge in [-0.05, 0) is 35.4 Å². The number of nitriles is 2. The van der Waals surface area contributed by atoms with Gasteiger partial charge in [-0.1, -0.05) is 24.3 Å². The first kappa shape index (κ1) is 17.1. The molecular weight excluding hydrogens is 296 g/mol. The summed E-state index contributed by atoms with van der Waals surface area (Å²) in [4.78, 5) is 3.98. The lowest BCUT2D eigenvalue weighted by molar-refractivity contribution is 1.13. The van der Waals surface area contributed by atoms with Crippen molar-refractivity contribution in [2.24, 2.45) is 0 Å². The van der Waals surface area contributed by atoms with Crippen LogP contribution in [0, 0.1) is 22.7 Å². The highest BCUT2D eigenvalue weighted by atomic mass is 15.1. The molecule has 0 unspecified atom stereocenters. The third kappa shape index (κ3) is 3.56. The predicted molar refractivity (Wildman–Crippen MR) is 99.6 cm³/mol. The summed E-state index contributed by atoms with van der Waals surface area (Å²) in [7, 11) is 7.85. The molecule has 2 aromatic rings. The van der Waals surface area contributed by atoms with Gasteiger partial charge in [0.1, 0.15) is 12.1 Å². The molecule has 0 aliphatic rings. The second kappa shape index (κ2) is 7.35. The summed E-state index contributed by atoms with van der Waals surface area (Å²) in [6, 6.07) is 19.6. The zero-order valence-corrected chi connectivity index (χ0v) is 14.4. The van der Waals surface area contributed by atoms with E-state index in [-0.39, 0.29) is 0 Å². The summed E-state index contributed by atoms with van der Waals surface area (Å²) in [5.41, 5.74) is 4.36. The summed E-state index contributed by atoms with van der Waals surface area (Å²) in [5.74, 6) is 0. The Morgan fingerprint density at radius 2 is 0.917 bits per heavy atom. The highest BCUT2D eigenvalue weighted by Gasteiger charge is 2.12. The van der Waals surface area contributed by atoms with Crippen LogP contribution < -0.4 is 9.80 Å². The van der Waals surface area contributed by atoms with Crippen LogP contribution in [-0.4, -0.2) is 28.2 Å². The Hall–Kier alpha value is -3.24. The standard InChI is InChI=1S/C20H20N4/c1-23(2)17-9-5-15(6-10-17)19(13-21)20(14-22)16-7-11-18(12-8-16)24(3)4/h5-12H,1-4H3/b20-19+. The first-order chi connectivity index (χ1) is 11.5. The number of anilines is 2. The minimum absolute atomic E-state index is 0.389. The van der Waals surface area contributed by atoms with Crippen LogP contribution in [0.3, 0.4) is 0 Å². The Morgan fingerprint density at radius 3 is 1.12 bits per heavy atom. The summed E-state index contributed by atoms with van der Waals surface area (Å²) < 4.78 is 0. The molecule has 4 heteroatoms. The van der Waals surface area contributed by atoms with E-state index in [0.29, 0.717) is 11.1 Å². The van der Waals surface area contributed by atoms with Gasteiger partial charge in [0.2, 0.25) is 0 Å². The van der Waals surface area contributed by atoms with Crippen molar-refractivity contribution in [1.29, 1.82) is 10.5 Å². The lowest BCUT2D eigenvalue weighted by Gasteiger charge is -2.14. The number of rotatable bonds is 4. The zero-order chi connectivity index (χ0) is 17.7. The van der Waals surface area contributed by atoms with Crippen LogP contribution >= 0.6 is 0 Å². The van der Waals surface area contributed by atoms with Crippen molar-refractivity contribution in [3.05, 3.63) is 59.7 Å². The molecule has 120 valence electrons. The summed E-state index contributed by atoms with van der Waals surface area (Å²) in [5, 5.41) is 19.2. The van der Waals surface area contributed by atoms with Crippen LogP contribution in [-0.2, 0) is 0 Å². The Balaban J connectivity index is 2.50. The van der Waals surface area contributed by atoms with Gasteiger partial charge in [0.15, 0.2) is 0 Å². The van der Waals surface area contributed by atoms with E-state index in [9.17, 15) is 10.5 Å². The van der Waals surface area contributed by atoms with Crippen molar-refractivity contribution in [2.45, 2.75) is 0 Å². The molecule has 0 amide bonds. The molecule has 0 saturated heterocycles. The van der Waals surface area contributed by atoms with Gasteiger partial charge in [-0.2, -0.15) is 10.5 Å². The van der Waals surface area contributed by atoms with Crippen LogP contribution in [0.2, 0.25) is 0 Å². The van der Waals surface area contributed by atoms with E-state index in [0.717, 1.165) is 22.5 Å². The van der Waals surface area contributed by atoms with E-state index in [1.54, 1.807) is 0 Å². The number of benzene rings is 2. The zero-order valence-electron chi connectivity index (χ0n) is 14.4. The van der Waals surface area contributed by atoms with E-state index in [1.165, 1.54) is 0 Å². The molecule has 2 aromatic carbocycles. The van der Waals surface area contributed by atoms with Gasteiger partial charge in [-0.25, -0.2) is 0 Å². The molecule has 0 aromatic heterocycles. The third-order valence-electron chi connectivity index (χ3n) is 3.82. The summed E-state index contributed by atoms with van der Waals surface area (Å²) >= 11 is 0. The first-order valence-electron chi connectivity index (χ1n) is 7.58. The molecule has 0 N–H and O–H groups in total. The van der Waals surface area contributed by atoms with Crippen molar-refractivity contribution in [3.8, 4) is 12.1 Å². The van der Waals surface area contributed by atoms with Crippen molar-refractivity contribution >= 4 is 22.5 Å². The van der Waals surface area contributed by atoms with Crippen molar-refractivity contribution < 1.29 is 0 Å². The van der Waals surface area contributed by atoms with Crippen molar-refractivity contribution in [3.63, 3.8) is 0 Å². The largest absolute Gasteiger partial charge is 0.378 e. The second-order valence-electron chi connectivity index (χ2n) is 5.86. The molecule has 0 spiro atoms. The van der Waals surface area contributed by atoms with Crippen LogP contribution in [0.15, 0.2) is 48.5 Å². The molecule has 0 radical (unpaired) electrons. The second-order valence-corrected chi connectivity index (χ2v) is 5.86. The Morgan fingerprint density at radius 1 is 0.625 bits per heavy atom. The average Bonchev–Trinajstić information content (AvgIpc) is 2.59. The van der Waals surface area contributed by atoms with Gasteiger partial charge in [-0.15, -0.1) is 0 Å². The first-order valence-corrected chi connectivity index (χ1v) is 7.58. The highest BCUT2D eigenvalue weighted by Crippen LogP contribution is 2.28. The lowest BCUT2D eigenvalue weighted by Crippen LogP contribution is -2.08. The smallest absolute Gasteiger partial charge is 0.101 e. The number of nitrogens with zero attached hydrogens (tertiary/aromatic N) is 4. The van der Waals surface area contributed by atoms with Crippen molar-refractivity contribution in [1.82, 2.24) is 0 Å². The molecule has 0 fully saturated rings. The summed E-state index contributed by atoms with van der Waals surface area (Å²) in [6.07, 6.45) is 0. The fourth-order valence-electron chi connectivity index (χ4n) is 2.38. The fourth-order valence-corrected chi connectivity index (χ4v) is 2.38. The maximum atomic E-state index is 9.59. The van der Waals surface area contributed by atoms with E-state index in [1.807, 2.05) is 86.5 Å². The molecule has 0 aliphatic heterocycles. The van der Waals surface area contributed by atoms with Crippen LogP contribution in [0.1, 0.15) is 11.1 Å².